The molecule has 0 saturated carbocycles. The second-order valence-corrected chi connectivity index (χ2v) is 5.09. The smallest absolute Gasteiger partial charge is 0.259 e. The number of methoxy groups -OCH3 is 1. The third-order valence-corrected chi connectivity index (χ3v) is 3.27. The summed E-state index contributed by atoms with van der Waals surface area (Å²) >= 11 is 0. The van der Waals surface area contributed by atoms with E-state index < -0.39 is 0 Å². The van der Waals surface area contributed by atoms with Crippen LogP contribution < -0.4 is 10.2 Å². The van der Waals surface area contributed by atoms with Crippen LogP contribution in [-0.4, -0.2) is 43.6 Å². The molecule has 0 radical (unpaired) electrons. The maximum absolute atomic E-state index is 12.1. The number of amides is 2. The highest BCUT2D eigenvalue weighted by Crippen LogP contribution is 2.09. The summed E-state index contributed by atoms with van der Waals surface area (Å²) in [5.41, 5.74) is 3.76. The first kappa shape index (κ1) is 17.2. The van der Waals surface area contributed by atoms with Crippen LogP contribution in [0.25, 0.3) is 0 Å². The Morgan fingerprint density at radius 2 is 1.79 bits per heavy atom. The van der Waals surface area contributed by atoms with Crippen molar-refractivity contribution < 1.29 is 14.3 Å². The number of ether oxygens (including phenoxy) is 1. The number of hydrazone groups is 1. The fraction of sp³-hybridized carbons (Fsp3) is 0.167. The zero-order valence-corrected chi connectivity index (χ0v) is 13.6. The van der Waals surface area contributed by atoms with Gasteiger partial charge in [0.2, 0.25) is 0 Å². The predicted molar refractivity (Wildman–Crippen MR) is 92.1 cm³/mol. The molecule has 6 heteroatoms. The number of likely N-dealkylation sites (N-methyl/N-ethyl adjacent to an activating group) is 1. The van der Waals surface area contributed by atoms with Crippen LogP contribution in [0.3, 0.4) is 0 Å². The molecule has 0 aromatic heterocycles. The van der Waals surface area contributed by atoms with Gasteiger partial charge in [0.05, 0.1) is 13.3 Å². The number of hydrogen-bond donors (Lipinski definition) is 1. The molecule has 0 aliphatic heterocycles. The lowest BCUT2D eigenvalue weighted by Gasteiger charge is -2.15. The summed E-state index contributed by atoms with van der Waals surface area (Å²) in [6, 6.07) is 16.0. The molecule has 0 bridgehead atoms. The first-order chi connectivity index (χ1) is 11.6. The number of carbonyl (C=O) groups excluding carboxylic acids is 2. The molecule has 2 rings (SSSR count). The second kappa shape index (κ2) is 8.47. The van der Waals surface area contributed by atoms with Crippen molar-refractivity contribution in [1.82, 2.24) is 10.3 Å². The topological polar surface area (TPSA) is 71.0 Å². The van der Waals surface area contributed by atoms with E-state index in [-0.39, 0.29) is 18.4 Å². The van der Waals surface area contributed by atoms with Crippen molar-refractivity contribution in [2.45, 2.75) is 0 Å². The molecule has 2 amide bonds. The van der Waals surface area contributed by atoms with Gasteiger partial charge < -0.3 is 9.64 Å². The number of hydrogen-bond acceptors (Lipinski definition) is 4. The lowest BCUT2D eigenvalue weighted by Crippen LogP contribution is -2.36. The van der Waals surface area contributed by atoms with Gasteiger partial charge in [0, 0.05) is 12.6 Å². The Bertz CT molecular complexity index is 712. The van der Waals surface area contributed by atoms with Crippen molar-refractivity contribution >= 4 is 18.0 Å². The molecule has 124 valence electrons. The van der Waals surface area contributed by atoms with Crippen LogP contribution in [0.2, 0.25) is 0 Å². The van der Waals surface area contributed by atoms with Crippen LogP contribution in [0, 0.1) is 0 Å². The number of nitrogens with one attached hydrogen (secondary N) is 1. The number of rotatable bonds is 6. The molecule has 6 nitrogen and oxygen atoms in total. The van der Waals surface area contributed by atoms with E-state index in [4.69, 9.17) is 4.74 Å². The number of nitrogens with zero attached hydrogens (tertiary/aromatic N) is 2. The average molecular weight is 325 g/mol. The highest BCUT2D eigenvalue weighted by molar-refractivity contribution is 5.96. The molecule has 1 N–H and O–H groups in total. The summed E-state index contributed by atoms with van der Waals surface area (Å²) < 4.78 is 5.06. The lowest BCUT2D eigenvalue weighted by atomic mass is 10.2. The number of carbonyl (C=O) groups is 2. The third kappa shape index (κ3) is 4.95. The molecule has 0 aliphatic carbocycles. The molecule has 0 unspecified atom stereocenters. The SMILES string of the molecule is COc1ccc(/C=N/NC(=O)CN(C)C(=O)c2ccccc2)cc1. The molecular weight excluding hydrogens is 306 g/mol. The summed E-state index contributed by atoms with van der Waals surface area (Å²) in [6.45, 7) is -0.0757. The van der Waals surface area contributed by atoms with E-state index in [2.05, 4.69) is 10.5 Å². The maximum Gasteiger partial charge on any atom is 0.259 e. The Morgan fingerprint density at radius 1 is 1.12 bits per heavy atom. The zero-order chi connectivity index (χ0) is 17.4. The van der Waals surface area contributed by atoms with Crippen molar-refractivity contribution in [3.63, 3.8) is 0 Å². The van der Waals surface area contributed by atoms with E-state index in [1.54, 1.807) is 50.6 Å². The van der Waals surface area contributed by atoms with Crippen LogP contribution in [0.15, 0.2) is 59.7 Å². The summed E-state index contributed by atoms with van der Waals surface area (Å²) in [6.07, 6.45) is 1.52. The van der Waals surface area contributed by atoms with Crippen molar-refractivity contribution in [2.75, 3.05) is 20.7 Å². The molecule has 0 fully saturated rings. The largest absolute Gasteiger partial charge is 0.497 e. The third-order valence-electron chi connectivity index (χ3n) is 3.27. The molecule has 0 atom stereocenters. The fourth-order valence-electron chi connectivity index (χ4n) is 1.99. The highest BCUT2D eigenvalue weighted by atomic mass is 16.5. The van der Waals surface area contributed by atoms with Crippen LogP contribution in [0.1, 0.15) is 15.9 Å². The van der Waals surface area contributed by atoms with Crippen molar-refractivity contribution in [3.8, 4) is 5.75 Å². The van der Waals surface area contributed by atoms with Crippen LogP contribution >= 0.6 is 0 Å². The standard InChI is InChI=1S/C18H19N3O3/c1-21(18(23)15-6-4-3-5-7-15)13-17(22)20-19-12-14-8-10-16(24-2)11-9-14/h3-12H,13H2,1-2H3,(H,20,22)/b19-12+. The van der Waals surface area contributed by atoms with Crippen LogP contribution in [0.4, 0.5) is 0 Å². The van der Waals surface area contributed by atoms with Gasteiger partial charge in [0.15, 0.2) is 0 Å². The minimum Gasteiger partial charge on any atom is -0.497 e. The van der Waals surface area contributed by atoms with E-state index in [0.717, 1.165) is 11.3 Å². The van der Waals surface area contributed by atoms with Crippen molar-refractivity contribution in [3.05, 3.63) is 65.7 Å². The van der Waals surface area contributed by atoms with Crippen molar-refractivity contribution in [1.29, 1.82) is 0 Å². The summed E-state index contributed by atoms with van der Waals surface area (Å²) in [5.74, 6) is 0.161. The first-order valence-corrected chi connectivity index (χ1v) is 7.36. The normalized spacial score (nSPS) is 10.4. The van der Waals surface area contributed by atoms with E-state index in [1.165, 1.54) is 11.1 Å². The minimum atomic E-state index is -0.369. The summed E-state index contributed by atoms with van der Waals surface area (Å²) in [4.78, 5) is 25.3. The van der Waals surface area contributed by atoms with E-state index in [0.29, 0.717) is 5.56 Å². The van der Waals surface area contributed by atoms with Gasteiger partial charge >= 0.3 is 0 Å². The van der Waals surface area contributed by atoms with Gasteiger partial charge in [0.25, 0.3) is 11.8 Å². The Labute approximate surface area is 140 Å². The molecular formula is C18H19N3O3. The highest BCUT2D eigenvalue weighted by Gasteiger charge is 2.13. The summed E-state index contributed by atoms with van der Waals surface area (Å²) in [5, 5.41) is 3.88. The van der Waals surface area contributed by atoms with Gasteiger partial charge in [-0.3, -0.25) is 9.59 Å². The van der Waals surface area contributed by atoms with Gasteiger partial charge in [-0.2, -0.15) is 5.10 Å². The van der Waals surface area contributed by atoms with Gasteiger partial charge in [-0.05, 0) is 42.0 Å². The zero-order valence-electron chi connectivity index (χ0n) is 13.6. The Hall–Kier alpha value is -3.15. The van der Waals surface area contributed by atoms with E-state index in [9.17, 15) is 9.59 Å². The van der Waals surface area contributed by atoms with Gasteiger partial charge in [-0.15, -0.1) is 0 Å². The maximum atomic E-state index is 12.1. The van der Waals surface area contributed by atoms with E-state index >= 15 is 0 Å². The Morgan fingerprint density at radius 3 is 2.42 bits per heavy atom. The van der Waals surface area contributed by atoms with Gasteiger partial charge in [0.1, 0.15) is 12.3 Å². The summed E-state index contributed by atoms with van der Waals surface area (Å²) in [7, 11) is 3.17. The van der Waals surface area contributed by atoms with Crippen LogP contribution in [-0.2, 0) is 4.79 Å². The second-order valence-electron chi connectivity index (χ2n) is 5.09. The molecule has 0 heterocycles. The lowest BCUT2D eigenvalue weighted by molar-refractivity contribution is -0.121. The van der Waals surface area contributed by atoms with E-state index in [1.807, 2.05) is 18.2 Å². The predicted octanol–water partition coefficient (Wildman–Crippen LogP) is 1.92. The fourth-order valence-corrected chi connectivity index (χ4v) is 1.99. The number of benzene rings is 2. The molecule has 0 spiro atoms. The van der Waals surface area contributed by atoms with Crippen LogP contribution in [0.5, 0.6) is 5.75 Å². The van der Waals surface area contributed by atoms with Gasteiger partial charge in [-0.1, -0.05) is 18.2 Å². The Balaban J connectivity index is 1.84. The molecule has 0 saturated heterocycles. The van der Waals surface area contributed by atoms with Gasteiger partial charge in [-0.25, -0.2) is 5.43 Å². The molecule has 2 aromatic carbocycles. The average Bonchev–Trinajstić information content (AvgIpc) is 2.62. The first-order valence-electron chi connectivity index (χ1n) is 7.36. The molecule has 0 aliphatic rings. The quantitative estimate of drug-likeness (QED) is 0.651. The molecule has 2 aromatic rings. The Kier molecular flexibility index (Phi) is 6.08. The minimum absolute atomic E-state index is 0.0757. The van der Waals surface area contributed by atoms with Crippen molar-refractivity contribution in [2.24, 2.45) is 5.10 Å². The molecule has 24 heavy (non-hydrogen) atoms. The monoisotopic (exact) mass is 325 g/mol.